The Balaban J connectivity index is 1.59. The van der Waals surface area contributed by atoms with Crippen molar-refractivity contribution in [3.63, 3.8) is 0 Å². The molecule has 20 heavy (non-hydrogen) atoms. The van der Waals surface area contributed by atoms with Gasteiger partial charge in [0, 0.05) is 31.7 Å². The first-order valence-corrected chi connectivity index (χ1v) is 7.87. The van der Waals surface area contributed by atoms with E-state index in [0.717, 1.165) is 32.3 Å². The Labute approximate surface area is 122 Å². The van der Waals surface area contributed by atoms with Crippen LogP contribution in [0.5, 0.6) is 0 Å². The van der Waals surface area contributed by atoms with Gasteiger partial charge in [-0.25, -0.2) is 0 Å². The summed E-state index contributed by atoms with van der Waals surface area (Å²) in [5.41, 5.74) is 2.82. The fourth-order valence-corrected chi connectivity index (χ4v) is 2.81. The molecule has 0 bridgehead atoms. The normalized spacial score (nSPS) is 27.7. The van der Waals surface area contributed by atoms with Crippen LogP contribution in [0.15, 0.2) is 24.3 Å². The average molecular weight is 274 g/mol. The van der Waals surface area contributed by atoms with Crippen LogP contribution in [0.4, 0.5) is 0 Å². The van der Waals surface area contributed by atoms with Gasteiger partial charge in [-0.05, 0) is 37.8 Å². The van der Waals surface area contributed by atoms with Crippen molar-refractivity contribution in [2.75, 3.05) is 13.2 Å². The molecule has 1 aliphatic carbocycles. The lowest BCUT2D eigenvalue weighted by Gasteiger charge is -2.36. The van der Waals surface area contributed by atoms with E-state index in [-0.39, 0.29) is 0 Å². The molecule has 3 nitrogen and oxygen atoms in total. The van der Waals surface area contributed by atoms with Gasteiger partial charge in [0.2, 0.25) is 0 Å². The summed E-state index contributed by atoms with van der Waals surface area (Å²) in [7, 11) is 0. The molecular weight excluding hydrogens is 248 g/mol. The molecule has 1 N–H and O–H groups in total. The first-order valence-electron chi connectivity index (χ1n) is 7.87. The van der Waals surface area contributed by atoms with E-state index < -0.39 is 0 Å². The van der Waals surface area contributed by atoms with Gasteiger partial charge >= 0.3 is 0 Å². The van der Waals surface area contributed by atoms with E-state index in [2.05, 4.69) is 48.3 Å². The molecule has 2 atom stereocenters. The molecule has 2 fully saturated rings. The summed E-state index contributed by atoms with van der Waals surface area (Å²) in [6.45, 7) is 8.34. The monoisotopic (exact) mass is 274 g/mol. The Morgan fingerprint density at radius 3 is 2.85 bits per heavy atom. The van der Waals surface area contributed by atoms with Crippen LogP contribution in [0.1, 0.15) is 37.8 Å². The minimum absolute atomic E-state index is 0.353. The van der Waals surface area contributed by atoms with E-state index in [9.17, 15) is 0 Å². The summed E-state index contributed by atoms with van der Waals surface area (Å²) in [4.78, 5) is 2.53. The fraction of sp³-hybridized carbons (Fsp3) is 0.647. The van der Waals surface area contributed by atoms with Gasteiger partial charge in [0.15, 0.2) is 0 Å². The van der Waals surface area contributed by atoms with E-state index in [1.165, 1.54) is 24.0 Å². The third-order valence-corrected chi connectivity index (χ3v) is 4.29. The lowest BCUT2D eigenvalue weighted by atomic mass is 10.1. The Morgan fingerprint density at radius 1 is 1.25 bits per heavy atom. The Morgan fingerprint density at radius 2 is 2.05 bits per heavy atom. The molecule has 2 aliphatic rings. The predicted molar refractivity (Wildman–Crippen MR) is 81.6 cm³/mol. The first kappa shape index (κ1) is 14.1. The SMILES string of the molecule is CC1CN(Cc2cccc(CNC3CC3)c2)C(C)CO1. The molecular formula is C17H26N2O. The third-order valence-electron chi connectivity index (χ3n) is 4.29. The molecule has 1 saturated carbocycles. The van der Waals surface area contributed by atoms with Crippen molar-refractivity contribution in [3.8, 4) is 0 Å². The Bertz CT molecular complexity index is 444. The van der Waals surface area contributed by atoms with Gasteiger partial charge in [0.05, 0.1) is 12.7 Å². The maximum Gasteiger partial charge on any atom is 0.0674 e. The zero-order valence-corrected chi connectivity index (χ0v) is 12.6. The summed E-state index contributed by atoms with van der Waals surface area (Å²) < 4.78 is 5.70. The summed E-state index contributed by atoms with van der Waals surface area (Å²) in [5.74, 6) is 0. The molecule has 3 rings (SSSR count). The zero-order chi connectivity index (χ0) is 13.9. The molecule has 2 unspecified atom stereocenters. The number of ether oxygens (including phenoxy) is 1. The van der Waals surface area contributed by atoms with Crippen LogP contribution in [0.3, 0.4) is 0 Å². The second-order valence-corrected chi connectivity index (χ2v) is 6.40. The van der Waals surface area contributed by atoms with Gasteiger partial charge in [0.1, 0.15) is 0 Å². The van der Waals surface area contributed by atoms with Gasteiger partial charge in [-0.3, -0.25) is 4.90 Å². The van der Waals surface area contributed by atoms with Gasteiger partial charge in [0.25, 0.3) is 0 Å². The Kier molecular flexibility index (Phi) is 4.39. The van der Waals surface area contributed by atoms with Crippen LogP contribution in [0.2, 0.25) is 0 Å². The number of benzene rings is 1. The molecule has 0 aromatic heterocycles. The maximum atomic E-state index is 5.70. The number of rotatable bonds is 5. The van der Waals surface area contributed by atoms with Crippen LogP contribution in [0, 0.1) is 0 Å². The molecule has 1 aromatic rings. The number of hydrogen-bond donors (Lipinski definition) is 1. The first-order chi connectivity index (χ1) is 9.70. The van der Waals surface area contributed by atoms with Gasteiger partial charge in [-0.1, -0.05) is 24.3 Å². The van der Waals surface area contributed by atoms with Crippen LogP contribution in [0.25, 0.3) is 0 Å². The van der Waals surface area contributed by atoms with Crippen molar-refractivity contribution in [3.05, 3.63) is 35.4 Å². The number of morpholine rings is 1. The van der Waals surface area contributed by atoms with Crippen LogP contribution in [-0.2, 0) is 17.8 Å². The van der Waals surface area contributed by atoms with Crippen molar-refractivity contribution in [1.82, 2.24) is 10.2 Å². The third kappa shape index (κ3) is 3.81. The predicted octanol–water partition coefficient (Wildman–Crippen LogP) is 2.55. The van der Waals surface area contributed by atoms with Crippen LogP contribution in [-0.4, -0.2) is 36.2 Å². The van der Waals surface area contributed by atoms with E-state index >= 15 is 0 Å². The standard InChI is InChI=1S/C17H26N2O/c1-13-12-20-14(2)10-19(13)11-16-5-3-4-15(8-16)9-18-17-6-7-17/h3-5,8,13-14,17-18H,6-7,9-12H2,1-2H3. The molecule has 1 aliphatic heterocycles. The summed E-state index contributed by atoms with van der Waals surface area (Å²) >= 11 is 0. The molecule has 3 heteroatoms. The smallest absolute Gasteiger partial charge is 0.0674 e. The van der Waals surface area contributed by atoms with E-state index in [0.29, 0.717) is 12.1 Å². The summed E-state index contributed by atoms with van der Waals surface area (Å²) in [6, 6.07) is 10.3. The molecule has 0 spiro atoms. The van der Waals surface area contributed by atoms with Crippen LogP contribution >= 0.6 is 0 Å². The average Bonchev–Trinajstić information content (AvgIpc) is 3.25. The maximum absolute atomic E-state index is 5.70. The second-order valence-electron chi connectivity index (χ2n) is 6.40. The topological polar surface area (TPSA) is 24.5 Å². The van der Waals surface area contributed by atoms with Gasteiger partial charge < -0.3 is 10.1 Å². The lowest BCUT2D eigenvalue weighted by molar-refractivity contribution is -0.0526. The molecule has 1 aromatic carbocycles. The second kappa shape index (κ2) is 6.25. The van der Waals surface area contributed by atoms with E-state index in [4.69, 9.17) is 4.74 Å². The Hall–Kier alpha value is -0.900. The highest BCUT2D eigenvalue weighted by molar-refractivity contribution is 5.23. The highest BCUT2D eigenvalue weighted by atomic mass is 16.5. The number of hydrogen-bond acceptors (Lipinski definition) is 3. The quantitative estimate of drug-likeness (QED) is 0.893. The fourth-order valence-electron chi connectivity index (χ4n) is 2.81. The highest BCUT2D eigenvalue weighted by Gasteiger charge is 2.23. The molecule has 0 amide bonds. The molecule has 0 radical (unpaired) electrons. The van der Waals surface area contributed by atoms with Gasteiger partial charge in [-0.2, -0.15) is 0 Å². The van der Waals surface area contributed by atoms with E-state index in [1.807, 2.05) is 0 Å². The molecule has 110 valence electrons. The zero-order valence-electron chi connectivity index (χ0n) is 12.6. The lowest BCUT2D eigenvalue weighted by Crippen LogP contribution is -2.46. The minimum Gasteiger partial charge on any atom is -0.376 e. The summed E-state index contributed by atoms with van der Waals surface area (Å²) in [5, 5.41) is 3.59. The summed E-state index contributed by atoms with van der Waals surface area (Å²) in [6.07, 6.45) is 3.05. The van der Waals surface area contributed by atoms with Crippen molar-refractivity contribution in [2.24, 2.45) is 0 Å². The minimum atomic E-state index is 0.353. The van der Waals surface area contributed by atoms with Gasteiger partial charge in [-0.15, -0.1) is 0 Å². The largest absolute Gasteiger partial charge is 0.376 e. The van der Waals surface area contributed by atoms with E-state index in [1.54, 1.807) is 0 Å². The molecule has 1 heterocycles. The van der Waals surface area contributed by atoms with Crippen molar-refractivity contribution >= 4 is 0 Å². The number of nitrogens with zero attached hydrogens (tertiary/aromatic N) is 1. The van der Waals surface area contributed by atoms with Crippen LogP contribution < -0.4 is 5.32 Å². The number of nitrogens with one attached hydrogen (secondary N) is 1. The molecule has 1 saturated heterocycles. The van der Waals surface area contributed by atoms with Crippen molar-refractivity contribution in [1.29, 1.82) is 0 Å². The van der Waals surface area contributed by atoms with Crippen molar-refractivity contribution in [2.45, 2.75) is 58.0 Å². The highest BCUT2D eigenvalue weighted by Crippen LogP contribution is 2.20. The van der Waals surface area contributed by atoms with Crippen molar-refractivity contribution < 1.29 is 4.74 Å².